The van der Waals surface area contributed by atoms with Gasteiger partial charge in [-0.2, -0.15) is 4.68 Å². The minimum atomic E-state index is 0.219. The monoisotopic (exact) mass is 668 g/mol. The molecule has 3 unspecified atom stereocenters. The van der Waals surface area contributed by atoms with Gasteiger partial charge in [-0.3, -0.25) is 9.88 Å². The maximum Gasteiger partial charge on any atom is 0.219 e. The number of H-pyrrole nitrogens is 2. The van der Waals surface area contributed by atoms with Crippen molar-refractivity contribution in [1.82, 2.24) is 25.2 Å². The van der Waals surface area contributed by atoms with Gasteiger partial charge in [0.2, 0.25) is 5.69 Å². The molecule has 4 heterocycles. The highest BCUT2D eigenvalue weighted by Gasteiger charge is 2.34. The lowest BCUT2D eigenvalue weighted by Gasteiger charge is -2.36. The van der Waals surface area contributed by atoms with Crippen molar-refractivity contribution < 1.29 is 4.68 Å². The van der Waals surface area contributed by atoms with Crippen molar-refractivity contribution in [3.05, 3.63) is 129 Å². The number of para-hydroxylation sites is 1. The van der Waals surface area contributed by atoms with Crippen LogP contribution in [0, 0.1) is 5.92 Å². The Bertz CT molecular complexity index is 2180. The SMILES string of the molecule is Nc1c2c(nc3cc(Cl)ccc13)CC1C=C(CCCC[n+]3cc(CCN4CCc5c([nH]c6ccccc56)C4c4ccccc4)n[nH]3)CC2C1. The first-order chi connectivity index (χ1) is 24.1. The number of fused-ring (bicyclic) bond motifs is 8. The quantitative estimate of drug-likeness (QED) is 0.0827. The van der Waals surface area contributed by atoms with Gasteiger partial charge in [-0.15, -0.1) is 0 Å². The fourth-order valence-corrected chi connectivity index (χ4v) is 9.18. The van der Waals surface area contributed by atoms with Crippen LogP contribution >= 0.6 is 11.6 Å². The van der Waals surface area contributed by atoms with Gasteiger partial charge in [0.1, 0.15) is 6.54 Å². The van der Waals surface area contributed by atoms with Crippen LogP contribution in [0.1, 0.15) is 77.8 Å². The molecular formula is C41H43ClN7+. The van der Waals surface area contributed by atoms with Gasteiger partial charge >= 0.3 is 0 Å². The van der Waals surface area contributed by atoms with Crippen LogP contribution in [-0.2, 0) is 25.8 Å². The highest BCUT2D eigenvalue weighted by atomic mass is 35.5. The van der Waals surface area contributed by atoms with E-state index in [1.807, 2.05) is 18.2 Å². The summed E-state index contributed by atoms with van der Waals surface area (Å²) in [6.07, 6.45) is 13.4. The van der Waals surface area contributed by atoms with E-state index in [1.54, 1.807) is 5.57 Å². The largest absolute Gasteiger partial charge is 0.398 e. The zero-order valence-corrected chi connectivity index (χ0v) is 28.6. The molecule has 7 nitrogen and oxygen atoms in total. The van der Waals surface area contributed by atoms with E-state index in [4.69, 9.17) is 27.4 Å². The Balaban J connectivity index is 0.810. The molecule has 3 aliphatic rings. The first-order valence-corrected chi connectivity index (χ1v) is 18.3. The third-order valence-electron chi connectivity index (χ3n) is 11.2. The zero-order valence-electron chi connectivity index (χ0n) is 27.8. The Morgan fingerprint density at radius 2 is 1.84 bits per heavy atom. The van der Waals surface area contributed by atoms with Crippen molar-refractivity contribution in [3.8, 4) is 0 Å². The summed E-state index contributed by atoms with van der Waals surface area (Å²) < 4.78 is 2.17. The third kappa shape index (κ3) is 5.83. The molecule has 9 rings (SSSR count). The van der Waals surface area contributed by atoms with Gasteiger partial charge in [-0.25, -0.2) is 0 Å². The number of anilines is 1. The van der Waals surface area contributed by atoms with E-state index >= 15 is 0 Å². The summed E-state index contributed by atoms with van der Waals surface area (Å²) in [7, 11) is 0. The molecule has 49 heavy (non-hydrogen) atoms. The Morgan fingerprint density at radius 1 is 0.959 bits per heavy atom. The van der Waals surface area contributed by atoms with Gasteiger partial charge in [0, 0.05) is 68.6 Å². The molecule has 6 aromatic rings. The summed E-state index contributed by atoms with van der Waals surface area (Å²) in [6, 6.07) is 25.8. The van der Waals surface area contributed by atoms with Crippen LogP contribution in [0.5, 0.6) is 0 Å². The molecule has 0 saturated heterocycles. The van der Waals surface area contributed by atoms with E-state index in [0.29, 0.717) is 16.9 Å². The summed E-state index contributed by atoms with van der Waals surface area (Å²) in [5, 5.41) is 11.1. The Hall–Kier alpha value is -4.46. The van der Waals surface area contributed by atoms with Gasteiger partial charge < -0.3 is 10.7 Å². The van der Waals surface area contributed by atoms with Crippen LogP contribution in [0.3, 0.4) is 0 Å². The van der Waals surface area contributed by atoms with Crippen LogP contribution in [0.25, 0.3) is 21.8 Å². The second kappa shape index (κ2) is 12.8. The number of unbranched alkanes of at least 4 members (excludes halogenated alkanes) is 1. The molecule has 2 aliphatic carbocycles. The zero-order chi connectivity index (χ0) is 32.9. The molecule has 1 aliphatic heterocycles. The van der Waals surface area contributed by atoms with Crippen LogP contribution in [0.2, 0.25) is 5.02 Å². The minimum Gasteiger partial charge on any atom is -0.398 e. The summed E-state index contributed by atoms with van der Waals surface area (Å²) >= 11 is 6.26. The van der Waals surface area contributed by atoms with E-state index < -0.39 is 0 Å². The fourth-order valence-electron chi connectivity index (χ4n) is 9.01. The predicted octanol–water partition coefficient (Wildman–Crippen LogP) is 8.00. The van der Waals surface area contributed by atoms with Gasteiger partial charge in [-0.1, -0.05) is 77.0 Å². The number of hydrogen-bond acceptors (Lipinski definition) is 4. The molecule has 0 spiro atoms. The number of halogens is 1. The van der Waals surface area contributed by atoms with Crippen molar-refractivity contribution in [2.24, 2.45) is 5.92 Å². The lowest BCUT2D eigenvalue weighted by Crippen LogP contribution is -2.37. The van der Waals surface area contributed by atoms with Crippen LogP contribution < -0.4 is 10.4 Å². The van der Waals surface area contributed by atoms with Crippen LogP contribution in [0.15, 0.2) is 90.6 Å². The van der Waals surface area contributed by atoms with Gasteiger partial charge in [-0.05, 0) is 92.2 Å². The number of nitrogens with one attached hydrogen (secondary N) is 2. The molecular weight excluding hydrogens is 626 g/mol. The number of nitrogens with zero attached hydrogens (tertiary/aromatic N) is 4. The second-order valence-corrected chi connectivity index (χ2v) is 14.8. The first-order valence-electron chi connectivity index (χ1n) is 18.0. The Labute approximate surface area is 292 Å². The van der Waals surface area contributed by atoms with E-state index in [-0.39, 0.29) is 6.04 Å². The molecule has 3 aromatic heterocycles. The molecule has 0 saturated carbocycles. The molecule has 4 N–H and O–H groups in total. The molecule has 8 heteroatoms. The molecule has 248 valence electrons. The van der Waals surface area contributed by atoms with E-state index in [0.717, 1.165) is 80.4 Å². The van der Waals surface area contributed by atoms with Crippen molar-refractivity contribution >= 4 is 39.1 Å². The smallest absolute Gasteiger partial charge is 0.219 e. The lowest BCUT2D eigenvalue weighted by molar-refractivity contribution is -0.754. The van der Waals surface area contributed by atoms with Crippen molar-refractivity contribution in [1.29, 1.82) is 0 Å². The fraction of sp³-hybridized carbons (Fsp3) is 0.341. The predicted molar refractivity (Wildman–Crippen MR) is 197 cm³/mol. The van der Waals surface area contributed by atoms with E-state index in [1.165, 1.54) is 51.8 Å². The summed E-state index contributed by atoms with van der Waals surface area (Å²) in [6.45, 7) is 2.95. The Kier molecular flexibility index (Phi) is 7.97. The normalized spacial score (nSPS) is 20.3. The standard InChI is InChI=1S/C41H42ClN7/c42-30-13-14-34-36(24-30)44-37-23-27-20-26(21-29(22-27)38(37)39(34)43)8-6-7-17-49-25-31(46-47-49)15-18-48-19-16-33-32-11-4-5-12-35(32)45-40(33)41(48)28-9-2-1-3-10-28/h1-5,9-14,20,24-25,27,29,41,45H,6-8,15-19,21-23H2,(H2,43,44)/p+1. The summed E-state index contributed by atoms with van der Waals surface area (Å²) in [5.74, 6) is 1.02. The number of pyridine rings is 1. The number of benzene rings is 3. The maximum atomic E-state index is 6.77. The summed E-state index contributed by atoms with van der Waals surface area (Å²) in [4.78, 5) is 11.4. The number of rotatable bonds is 9. The number of aromatic amines is 2. The van der Waals surface area contributed by atoms with E-state index in [9.17, 15) is 0 Å². The number of hydrogen-bond donors (Lipinski definition) is 3. The highest BCUT2D eigenvalue weighted by molar-refractivity contribution is 6.31. The third-order valence-corrected chi connectivity index (χ3v) is 11.5. The number of aromatic nitrogens is 5. The van der Waals surface area contributed by atoms with Gasteiger partial charge in [0.15, 0.2) is 6.20 Å². The molecule has 0 fully saturated rings. The minimum absolute atomic E-state index is 0.219. The number of nitrogens with two attached hydrogens (primary N) is 1. The summed E-state index contributed by atoms with van der Waals surface area (Å²) in [5.41, 5.74) is 19.2. The highest BCUT2D eigenvalue weighted by Crippen LogP contribution is 2.47. The maximum absolute atomic E-state index is 6.77. The van der Waals surface area contributed by atoms with Crippen molar-refractivity contribution in [3.63, 3.8) is 0 Å². The topological polar surface area (TPSA) is 90.5 Å². The van der Waals surface area contributed by atoms with E-state index in [2.05, 4.69) is 86.6 Å². The molecule has 0 amide bonds. The Morgan fingerprint density at radius 3 is 2.76 bits per heavy atom. The molecule has 2 bridgehead atoms. The molecule has 3 atom stereocenters. The van der Waals surface area contributed by atoms with Crippen molar-refractivity contribution in [2.45, 2.75) is 69.9 Å². The average molecular weight is 669 g/mol. The molecule has 0 radical (unpaired) electrons. The van der Waals surface area contributed by atoms with Gasteiger partial charge in [0.05, 0.1) is 11.6 Å². The first kappa shape index (κ1) is 30.6. The number of aryl methyl sites for hydroxylation is 1. The van der Waals surface area contributed by atoms with Crippen LogP contribution in [0.4, 0.5) is 5.69 Å². The number of allylic oxidation sites excluding steroid dienone is 2. The average Bonchev–Trinajstić information content (AvgIpc) is 3.73. The second-order valence-electron chi connectivity index (χ2n) is 14.4. The van der Waals surface area contributed by atoms with Crippen LogP contribution in [-0.4, -0.2) is 38.3 Å². The lowest BCUT2D eigenvalue weighted by atomic mass is 9.70. The number of nitrogen functional groups attached to an aromatic ring is 1. The van der Waals surface area contributed by atoms with Crippen molar-refractivity contribution in [2.75, 3.05) is 18.8 Å². The molecule has 3 aromatic carbocycles. The van der Waals surface area contributed by atoms with Gasteiger partial charge in [0.25, 0.3) is 0 Å².